The van der Waals surface area contributed by atoms with Crippen LogP contribution in [0.15, 0.2) is 71.2 Å². The van der Waals surface area contributed by atoms with Gasteiger partial charge in [-0.1, -0.05) is 68.7 Å². The van der Waals surface area contributed by atoms with Crippen LogP contribution in [-0.4, -0.2) is 71.0 Å². The van der Waals surface area contributed by atoms with Crippen molar-refractivity contribution in [3.8, 4) is 0 Å². The van der Waals surface area contributed by atoms with Gasteiger partial charge in [0.25, 0.3) is 0 Å². The van der Waals surface area contributed by atoms with E-state index in [0.717, 1.165) is 38.2 Å². The Balaban J connectivity index is 1.78. The molecule has 2 amide bonds. The van der Waals surface area contributed by atoms with E-state index in [9.17, 15) is 34.2 Å². The molecule has 48 heavy (non-hydrogen) atoms. The molecule has 3 rings (SSSR count). The fraction of sp³-hybridized carbons (Fsp3) is 0.528. The number of methoxy groups -OCH3 is 1. The molecule has 0 aromatic carbocycles. The van der Waals surface area contributed by atoms with Crippen molar-refractivity contribution in [2.24, 2.45) is 11.8 Å². The van der Waals surface area contributed by atoms with Gasteiger partial charge in [0.05, 0.1) is 24.3 Å². The smallest absolute Gasteiger partial charge is 0.364 e. The lowest BCUT2D eigenvalue weighted by atomic mass is 9.88. The van der Waals surface area contributed by atoms with Crippen LogP contribution >= 0.6 is 0 Å². The maximum atomic E-state index is 12.8. The Kier molecular flexibility index (Phi) is 15.2. The van der Waals surface area contributed by atoms with Gasteiger partial charge in [0.1, 0.15) is 17.9 Å². The third kappa shape index (κ3) is 11.2. The molecule has 1 heterocycles. The second-order valence-electron chi connectivity index (χ2n) is 12.4. The van der Waals surface area contributed by atoms with Crippen molar-refractivity contribution in [1.82, 2.24) is 10.6 Å². The van der Waals surface area contributed by atoms with Gasteiger partial charge < -0.3 is 25.6 Å². The molecule has 1 fully saturated rings. The Morgan fingerprint density at radius 2 is 1.77 bits per heavy atom. The molecule has 1 aliphatic heterocycles. The maximum Gasteiger partial charge on any atom is 0.364 e. The van der Waals surface area contributed by atoms with Gasteiger partial charge in [-0.15, -0.1) is 0 Å². The van der Waals surface area contributed by atoms with E-state index in [-0.39, 0.29) is 48.8 Å². The summed E-state index contributed by atoms with van der Waals surface area (Å²) in [6.07, 6.45) is 15.4. The number of hydrogen-bond donors (Lipinski definition) is 4. The maximum absolute atomic E-state index is 12.8. The Labute approximate surface area is 281 Å². The lowest BCUT2D eigenvalue weighted by Gasteiger charge is -2.27. The predicted octanol–water partition coefficient (Wildman–Crippen LogP) is 4.08. The summed E-state index contributed by atoms with van der Waals surface area (Å²) in [7, 11) is 1.44. The minimum absolute atomic E-state index is 0.0259. The van der Waals surface area contributed by atoms with E-state index in [1.54, 1.807) is 56.4 Å². The number of carbonyl (C=O) groups is 5. The summed E-state index contributed by atoms with van der Waals surface area (Å²) in [6.45, 7) is 4.95. The number of aliphatic hydroxyl groups is 2. The molecular formula is C36H48N2O10. The Hall–Kier alpha value is -4.13. The van der Waals surface area contributed by atoms with E-state index in [0.29, 0.717) is 5.57 Å². The molecule has 0 aromatic rings. The van der Waals surface area contributed by atoms with Gasteiger partial charge in [-0.3, -0.25) is 24.1 Å². The van der Waals surface area contributed by atoms with Gasteiger partial charge in [0.15, 0.2) is 0 Å². The van der Waals surface area contributed by atoms with Gasteiger partial charge in [0.2, 0.25) is 23.4 Å². The fourth-order valence-electron chi connectivity index (χ4n) is 5.69. The monoisotopic (exact) mass is 668 g/mol. The average Bonchev–Trinajstić information content (AvgIpc) is 3.07. The quantitative estimate of drug-likeness (QED) is 0.106. The molecule has 5 unspecified atom stereocenters. The lowest BCUT2D eigenvalue weighted by Crippen LogP contribution is -2.43. The van der Waals surface area contributed by atoms with Crippen molar-refractivity contribution in [3.63, 3.8) is 0 Å². The highest BCUT2D eigenvalue weighted by Crippen LogP contribution is 2.26. The van der Waals surface area contributed by atoms with Crippen LogP contribution in [0.25, 0.3) is 0 Å². The highest BCUT2D eigenvalue weighted by atomic mass is 17.2. The Bertz CT molecular complexity index is 1380. The number of allylic oxidation sites excluding steroid dienone is 7. The van der Waals surface area contributed by atoms with Gasteiger partial charge in [-0.05, 0) is 51.5 Å². The summed E-state index contributed by atoms with van der Waals surface area (Å²) in [5.41, 5.74) is 0.215. The topological polar surface area (TPSA) is 178 Å². The van der Waals surface area contributed by atoms with Crippen LogP contribution < -0.4 is 10.6 Å². The second kappa shape index (κ2) is 19.0. The minimum Gasteiger partial charge on any atom is -0.505 e. The number of carbonyl (C=O) groups excluding carboxylic acids is 5. The van der Waals surface area contributed by atoms with Crippen molar-refractivity contribution in [2.45, 2.75) is 103 Å². The molecule has 262 valence electrons. The van der Waals surface area contributed by atoms with E-state index >= 15 is 0 Å². The summed E-state index contributed by atoms with van der Waals surface area (Å²) in [5, 5.41) is 27.2. The summed E-state index contributed by atoms with van der Waals surface area (Å²) in [6, 6.07) is -0.930. The predicted molar refractivity (Wildman–Crippen MR) is 177 cm³/mol. The van der Waals surface area contributed by atoms with Gasteiger partial charge in [-0.25, -0.2) is 4.79 Å². The van der Waals surface area contributed by atoms with Crippen molar-refractivity contribution >= 4 is 29.4 Å². The Morgan fingerprint density at radius 3 is 2.48 bits per heavy atom. The third-order valence-electron chi connectivity index (χ3n) is 8.80. The minimum atomic E-state index is -1.05. The highest BCUT2D eigenvalue weighted by Gasteiger charge is 2.31. The number of ether oxygens (including phenoxy) is 1. The molecule has 0 spiro atoms. The molecule has 12 heteroatoms. The van der Waals surface area contributed by atoms with Crippen LogP contribution in [0.4, 0.5) is 0 Å². The molecule has 12 nitrogen and oxygen atoms in total. The van der Waals surface area contributed by atoms with Gasteiger partial charge >= 0.3 is 5.97 Å². The first-order valence-corrected chi connectivity index (χ1v) is 16.5. The van der Waals surface area contributed by atoms with Crippen LogP contribution in [0.2, 0.25) is 0 Å². The van der Waals surface area contributed by atoms with E-state index in [2.05, 4.69) is 10.6 Å². The number of ketones is 2. The van der Waals surface area contributed by atoms with E-state index < -0.39 is 59.5 Å². The number of amides is 2. The first kappa shape index (κ1) is 38.3. The van der Waals surface area contributed by atoms with Crippen LogP contribution in [0, 0.1) is 11.8 Å². The molecule has 2 aliphatic carbocycles. The van der Waals surface area contributed by atoms with Crippen molar-refractivity contribution < 1.29 is 48.7 Å². The van der Waals surface area contributed by atoms with Crippen LogP contribution in [0.1, 0.15) is 78.6 Å². The van der Waals surface area contributed by atoms with Crippen LogP contribution in [0.3, 0.4) is 0 Å². The first-order chi connectivity index (χ1) is 22.9. The highest BCUT2D eigenvalue weighted by molar-refractivity contribution is 6.48. The summed E-state index contributed by atoms with van der Waals surface area (Å²) in [5.74, 6) is -4.41. The molecule has 0 radical (unpaired) electrons. The van der Waals surface area contributed by atoms with E-state index in [1.807, 2.05) is 0 Å². The SMILES string of the molecule is COC1\C=C/C=C/C=C/CC(OOC(=O)C(C)NC(=O)C2CCCCC2)C(C)C(O)/C(C)=C/CCC2=C(O)C(=CC(=O)C2=O)NC(=O)C1. The van der Waals surface area contributed by atoms with Crippen molar-refractivity contribution in [2.75, 3.05) is 7.11 Å². The van der Waals surface area contributed by atoms with Crippen molar-refractivity contribution in [1.29, 1.82) is 0 Å². The van der Waals surface area contributed by atoms with E-state index in [1.165, 1.54) is 14.0 Å². The zero-order valence-corrected chi connectivity index (χ0v) is 28.1. The number of fused-ring (bicyclic) bond motifs is 1. The van der Waals surface area contributed by atoms with Gasteiger partial charge in [-0.2, -0.15) is 4.89 Å². The largest absolute Gasteiger partial charge is 0.505 e. The van der Waals surface area contributed by atoms with Crippen molar-refractivity contribution in [3.05, 3.63) is 71.2 Å². The molecule has 2 bridgehead atoms. The van der Waals surface area contributed by atoms with Crippen LogP contribution in [0.5, 0.6) is 0 Å². The second-order valence-corrected chi connectivity index (χ2v) is 12.4. The van der Waals surface area contributed by atoms with Crippen LogP contribution in [-0.2, 0) is 38.5 Å². The molecule has 5 atom stereocenters. The number of rotatable bonds is 6. The fourth-order valence-corrected chi connectivity index (χ4v) is 5.69. The zero-order valence-electron chi connectivity index (χ0n) is 28.1. The number of hydrogen-bond acceptors (Lipinski definition) is 10. The number of aliphatic hydroxyl groups excluding tert-OH is 2. The number of nitrogens with one attached hydrogen (secondary N) is 2. The summed E-state index contributed by atoms with van der Waals surface area (Å²) in [4.78, 5) is 73.8. The summed E-state index contributed by atoms with van der Waals surface area (Å²) < 4.78 is 5.35. The number of Topliss-reactive ketones (excluding diaryl/α,β-unsaturated/α-hetero) is 1. The molecule has 4 N–H and O–H groups in total. The lowest BCUT2D eigenvalue weighted by molar-refractivity contribution is -0.309. The normalized spacial score (nSPS) is 29.2. The van der Waals surface area contributed by atoms with Gasteiger partial charge in [0, 0.05) is 30.6 Å². The van der Waals surface area contributed by atoms with E-state index in [4.69, 9.17) is 14.5 Å². The molecule has 1 saturated carbocycles. The molecule has 3 aliphatic rings. The summed E-state index contributed by atoms with van der Waals surface area (Å²) >= 11 is 0. The standard InChI is InChI=1S/C36H48N2O10/c1-22-14-13-18-27-33(42)28(21-29(39)34(27)43)38-31(40)20-26(46-4)17-11-6-5-7-12-19-30(23(2)32(22)41)47-48-36(45)24(3)37-35(44)25-15-9-8-10-16-25/h5-7,11-12,14,17,21,23-26,30,32,41-42H,8-10,13,15-16,18-20H2,1-4H3,(H,37,44)(H,38,40)/b6-5+,12-7+,17-11-,22-14+. The molecule has 0 aromatic heterocycles. The average molecular weight is 669 g/mol. The zero-order chi connectivity index (χ0) is 35.2. The first-order valence-electron chi connectivity index (χ1n) is 16.5. The molecule has 0 saturated heterocycles. The molecular weight excluding hydrogens is 620 g/mol. The third-order valence-corrected chi connectivity index (χ3v) is 8.80. The Morgan fingerprint density at radius 1 is 1.06 bits per heavy atom.